The van der Waals surface area contributed by atoms with Crippen molar-refractivity contribution in [1.82, 2.24) is 10.3 Å². The molecule has 21 heavy (non-hydrogen) atoms. The summed E-state index contributed by atoms with van der Waals surface area (Å²) in [4.78, 5) is 16.6. The Morgan fingerprint density at radius 3 is 2.67 bits per heavy atom. The molecule has 1 aromatic rings. The van der Waals surface area contributed by atoms with Gasteiger partial charge in [0.25, 0.3) is 5.91 Å². The molecular weight excluding hydrogens is 264 g/mol. The number of nitrogen functional groups attached to an aromatic ring is 1. The molecule has 0 radical (unpaired) electrons. The Kier molecular flexibility index (Phi) is 3.20. The van der Waals surface area contributed by atoms with Gasteiger partial charge in [-0.05, 0) is 48.1 Å². The third-order valence-corrected chi connectivity index (χ3v) is 5.72. The molecule has 0 spiro atoms. The topological polar surface area (TPSA) is 80.0 Å². The molecule has 114 valence electrons. The summed E-state index contributed by atoms with van der Waals surface area (Å²) in [7, 11) is 0. The first kappa shape index (κ1) is 14.3. The number of rotatable bonds is 3. The van der Waals surface area contributed by atoms with E-state index in [1.54, 1.807) is 18.3 Å². The first-order chi connectivity index (χ1) is 9.87. The first-order valence-corrected chi connectivity index (χ1v) is 7.60. The van der Waals surface area contributed by atoms with E-state index in [9.17, 15) is 4.79 Å². The minimum absolute atomic E-state index is 0.0436. The predicted molar refractivity (Wildman–Crippen MR) is 82.5 cm³/mol. The fourth-order valence-corrected chi connectivity index (χ4v) is 4.49. The molecule has 0 aliphatic heterocycles. The number of hydrogen-bond acceptors (Lipinski definition) is 4. The zero-order chi connectivity index (χ0) is 15.3. The van der Waals surface area contributed by atoms with Crippen LogP contribution in [-0.4, -0.2) is 16.9 Å². The number of hydrogen-bond donors (Lipinski definition) is 3. The van der Waals surface area contributed by atoms with E-state index in [-0.39, 0.29) is 22.8 Å². The van der Waals surface area contributed by atoms with E-state index in [0.29, 0.717) is 11.4 Å². The van der Waals surface area contributed by atoms with Crippen LogP contribution in [0.4, 0.5) is 5.82 Å². The van der Waals surface area contributed by atoms with Crippen LogP contribution in [0.2, 0.25) is 0 Å². The van der Waals surface area contributed by atoms with Gasteiger partial charge in [0.05, 0.1) is 5.56 Å². The van der Waals surface area contributed by atoms with Gasteiger partial charge in [-0.3, -0.25) is 4.79 Å². The maximum absolute atomic E-state index is 12.5. The van der Waals surface area contributed by atoms with Crippen molar-refractivity contribution in [3.05, 3.63) is 23.9 Å². The third-order valence-electron chi connectivity index (χ3n) is 5.72. The lowest BCUT2D eigenvalue weighted by atomic mass is 9.68. The number of aromatic nitrogens is 1. The number of carbonyl (C=O) groups is 1. The van der Waals surface area contributed by atoms with E-state index in [0.717, 1.165) is 5.92 Å². The van der Waals surface area contributed by atoms with Crippen molar-refractivity contribution < 1.29 is 4.79 Å². The van der Waals surface area contributed by atoms with Crippen molar-refractivity contribution in [2.45, 2.75) is 46.1 Å². The van der Waals surface area contributed by atoms with E-state index >= 15 is 0 Å². The quantitative estimate of drug-likeness (QED) is 0.589. The smallest absolute Gasteiger partial charge is 0.253 e. The van der Waals surface area contributed by atoms with Gasteiger partial charge in [0.2, 0.25) is 0 Å². The average Bonchev–Trinajstić information content (AvgIpc) is 2.94. The molecule has 5 nitrogen and oxygen atoms in total. The molecule has 0 saturated heterocycles. The van der Waals surface area contributed by atoms with Gasteiger partial charge in [-0.2, -0.15) is 0 Å². The predicted octanol–water partition coefficient (Wildman–Crippen LogP) is 2.31. The van der Waals surface area contributed by atoms with Gasteiger partial charge in [-0.1, -0.05) is 20.8 Å². The summed E-state index contributed by atoms with van der Waals surface area (Å²) in [5, 5.41) is 3.26. The van der Waals surface area contributed by atoms with Crippen molar-refractivity contribution in [3.8, 4) is 0 Å². The summed E-state index contributed by atoms with van der Waals surface area (Å²) in [6.07, 6.45) is 5.28. The molecule has 0 aromatic carbocycles. The van der Waals surface area contributed by atoms with Gasteiger partial charge >= 0.3 is 0 Å². The van der Waals surface area contributed by atoms with E-state index < -0.39 is 0 Å². The van der Waals surface area contributed by atoms with E-state index in [4.69, 9.17) is 5.84 Å². The van der Waals surface area contributed by atoms with E-state index in [1.165, 1.54) is 19.3 Å². The highest BCUT2D eigenvalue weighted by atomic mass is 16.1. The lowest BCUT2D eigenvalue weighted by molar-refractivity contribution is 0.0737. The van der Waals surface area contributed by atoms with Crippen LogP contribution in [0.15, 0.2) is 18.3 Å². The SMILES string of the molecule is CC12CCC(C1)C(C)(C)C2NC(=O)c1ccc(NN)nc1. The minimum Gasteiger partial charge on any atom is -0.348 e. The van der Waals surface area contributed by atoms with Gasteiger partial charge in [-0.25, -0.2) is 10.8 Å². The van der Waals surface area contributed by atoms with Crippen molar-refractivity contribution in [1.29, 1.82) is 0 Å². The second-order valence-corrected chi connectivity index (χ2v) is 7.40. The summed E-state index contributed by atoms with van der Waals surface area (Å²) in [5.74, 6) is 6.52. The van der Waals surface area contributed by atoms with Gasteiger partial charge in [0, 0.05) is 12.2 Å². The summed E-state index contributed by atoms with van der Waals surface area (Å²) in [6, 6.07) is 3.69. The Hall–Kier alpha value is -1.62. The van der Waals surface area contributed by atoms with Crippen LogP contribution >= 0.6 is 0 Å². The lowest BCUT2D eigenvalue weighted by Crippen LogP contribution is -2.52. The van der Waals surface area contributed by atoms with Crippen LogP contribution in [0.1, 0.15) is 50.4 Å². The fraction of sp³-hybridized carbons (Fsp3) is 0.625. The maximum atomic E-state index is 12.5. The van der Waals surface area contributed by atoms with Crippen LogP contribution < -0.4 is 16.6 Å². The number of carbonyl (C=O) groups excluding carboxylic acids is 1. The second-order valence-electron chi connectivity index (χ2n) is 7.40. The van der Waals surface area contributed by atoms with Gasteiger partial charge in [-0.15, -0.1) is 0 Å². The monoisotopic (exact) mass is 288 g/mol. The molecule has 1 amide bonds. The van der Waals surface area contributed by atoms with E-state index in [2.05, 4.69) is 36.5 Å². The number of amides is 1. The second kappa shape index (κ2) is 4.70. The fourth-order valence-electron chi connectivity index (χ4n) is 4.49. The zero-order valence-electron chi connectivity index (χ0n) is 12.9. The number of nitrogens with one attached hydrogen (secondary N) is 2. The Bertz CT molecular complexity index is 549. The molecule has 2 aliphatic carbocycles. The maximum Gasteiger partial charge on any atom is 0.253 e. The molecular formula is C16H24N4O. The Morgan fingerprint density at radius 2 is 2.14 bits per heavy atom. The molecule has 4 N–H and O–H groups in total. The summed E-state index contributed by atoms with van der Waals surface area (Å²) in [6.45, 7) is 6.88. The normalized spacial score (nSPS) is 33.0. The third kappa shape index (κ3) is 2.20. The van der Waals surface area contributed by atoms with Gasteiger partial charge in [0.15, 0.2) is 0 Å². The Morgan fingerprint density at radius 1 is 1.38 bits per heavy atom. The number of pyridine rings is 1. The number of fused-ring (bicyclic) bond motifs is 2. The summed E-state index contributed by atoms with van der Waals surface area (Å²) >= 11 is 0. The minimum atomic E-state index is -0.0436. The van der Waals surface area contributed by atoms with Gasteiger partial charge in [0.1, 0.15) is 5.82 Å². The van der Waals surface area contributed by atoms with Crippen molar-refractivity contribution >= 4 is 11.7 Å². The molecule has 3 rings (SSSR count). The molecule has 1 heterocycles. The van der Waals surface area contributed by atoms with Crippen molar-refractivity contribution in [2.75, 3.05) is 5.43 Å². The highest BCUT2D eigenvalue weighted by Crippen LogP contribution is 2.62. The van der Waals surface area contributed by atoms with E-state index in [1.807, 2.05) is 0 Å². The summed E-state index contributed by atoms with van der Waals surface area (Å²) < 4.78 is 0. The highest BCUT2D eigenvalue weighted by Gasteiger charge is 2.59. The lowest BCUT2D eigenvalue weighted by Gasteiger charge is -2.43. The largest absolute Gasteiger partial charge is 0.348 e. The zero-order valence-corrected chi connectivity index (χ0v) is 12.9. The molecule has 3 unspecified atom stereocenters. The summed E-state index contributed by atoms with van der Waals surface area (Å²) in [5.41, 5.74) is 3.44. The van der Waals surface area contributed by atoms with Crippen LogP contribution in [0.25, 0.3) is 0 Å². The number of hydrazine groups is 1. The van der Waals surface area contributed by atoms with Crippen molar-refractivity contribution in [2.24, 2.45) is 22.6 Å². The molecule has 1 aromatic heterocycles. The Balaban J connectivity index is 1.78. The van der Waals surface area contributed by atoms with Crippen LogP contribution in [-0.2, 0) is 0 Å². The van der Waals surface area contributed by atoms with Crippen molar-refractivity contribution in [3.63, 3.8) is 0 Å². The van der Waals surface area contributed by atoms with Crippen LogP contribution in [0.5, 0.6) is 0 Å². The first-order valence-electron chi connectivity index (χ1n) is 7.60. The van der Waals surface area contributed by atoms with Gasteiger partial charge < -0.3 is 10.7 Å². The van der Waals surface area contributed by atoms with Crippen LogP contribution in [0.3, 0.4) is 0 Å². The number of nitrogens with zero attached hydrogens (tertiary/aromatic N) is 1. The average molecular weight is 288 g/mol. The number of anilines is 1. The molecule has 5 heteroatoms. The molecule has 2 fully saturated rings. The standard InChI is InChI=1S/C16H24N4O/c1-15(2)11-6-7-16(3,8-11)14(15)19-13(21)10-4-5-12(20-17)18-9-10/h4-5,9,11,14H,6-8,17H2,1-3H3,(H,18,20)(H,19,21). The van der Waals surface area contributed by atoms with Crippen LogP contribution in [0, 0.1) is 16.7 Å². The molecule has 3 atom stereocenters. The number of nitrogens with two attached hydrogens (primary N) is 1. The highest BCUT2D eigenvalue weighted by molar-refractivity contribution is 5.94. The molecule has 2 saturated carbocycles. The molecule has 2 aliphatic rings. The Labute approximate surface area is 125 Å². The molecule has 2 bridgehead atoms.